The zero-order valence-corrected chi connectivity index (χ0v) is 54.4. The lowest BCUT2D eigenvalue weighted by Gasteiger charge is -2.38. The van der Waals surface area contributed by atoms with Gasteiger partial charge in [0.05, 0.1) is 41.2 Å². The highest BCUT2D eigenvalue weighted by molar-refractivity contribution is 7.44. The Hall–Kier alpha value is -7.83. The van der Waals surface area contributed by atoms with Crippen LogP contribution in [0.25, 0.3) is 9.69 Å². The summed E-state index contributed by atoms with van der Waals surface area (Å²) in [6.07, 6.45) is -0.172. The van der Waals surface area contributed by atoms with Gasteiger partial charge in [0, 0.05) is 42.6 Å². The van der Waals surface area contributed by atoms with E-state index in [1.165, 1.54) is 6.20 Å². The van der Waals surface area contributed by atoms with Gasteiger partial charge in [-0.05, 0) is 86.4 Å². The number of nitrogens with one attached hydrogen (secondary N) is 3. The molecule has 1 aromatic heterocycles. The van der Waals surface area contributed by atoms with E-state index in [9.17, 15) is 44.2 Å². The lowest BCUT2D eigenvalue weighted by molar-refractivity contribution is -0.394. The number of hydrogen-bond acceptors (Lipinski definition) is 21. The third kappa shape index (κ3) is 16.5. The van der Waals surface area contributed by atoms with Gasteiger partial charge >= 0.3 is 11.7 Å². The molecule has 4 fully saturated rings. The Morgan fingerprint density at radius 1 is 0.815 bits per heavy atom. The molecule has 10 atom stereocenters. The number of nitrogens with zero attached hydrogens (tertiary/aromatic N) is 8. The van der Waals surface area contributed by atoms with Crippen molar-refractivity contribution in [1.82, 2.24) is 34.4 Å². The molecule has 6 heterocycles. The monoisotopic (exact) mass is 1310 g/mol. The molecule has 5 aliphatic rings. The van der Waals surface area contributed by atoms with Crippen LogP contribution in [0.1, 0.15) is 115 Å². The molecule has 0 aliphatic carbocycles. The molecule has 3 N–H and O–H groups in total. The van der Waals surface area contributed by atoms with Gasteiger partial charge in [-0.2, -0.15) is 0 Å². The molecule has 0 saturated carbocycles. The van der Waals surface area contributed by atoms with Crippen molar-refractivity contribution in [2.75, 3.05) is 52.7 Å². The molecule has 2 amide bonds. The van der Waals surface area contributed by atoms with E-state index in [-0.39, 0.29) is 81.4 Å². The lowest BCUT2D eigenvalue weighted by atomic mass is 9.96. The Morgan fingerprint density at radius 3 is 1.89 bits per heavy atom. The highest BCUT2D eigenvalue weighted by Gasteiger charge is 2.65. The molecule has 8 rings (SSSR count). The minimum atomic E-state index is -1.67. The number of carbonyl (C=O) groups is 3. The van der Waals surface area contributed by atoms with E-state index in [1.807, 2.05) is 47.6 Å². The number of rotatable bonds is 26. The Labute approximate surface area is 534 Å². The molecule has 29 nitrogen and oxygen atoms in total. The number of non-ortho nitro benzene ring substituents is 1. The summed E-state index contributed by atoms with van der Waals surface area (Å²) in [4.78, 5) is 94.5. The summed E-state index contributed by atoms with van der Waals surface area (Å²) in [5.41, 5.74) is -4.54. The van der Waals surface area contributed by atoms with E-state index in [2.05, 4.69) is 92.6 Å². The summed E-state index contributed by atoms with van der Waals surface area (Å²) in [6.45, 7) is 39.5. The number of fused-ring (bicyclic) bond motifs is 4. The Balaban J connectivity index is 0.000000263. The third-order valence-corrected chi connectivity index (χ3v) is 19.4. The first-order chi connectivity index (χ1) is 43.9. The number of hydrogen-bond donors (Lipinski definition) is 3. The predicted octanol–water partition coefficient (Wildman–Crippen LogP) is 7.08. The van der Waals surface area contributed by atoms with E-state index in [4.69, 9.17) is 54.9 Å². The van der Waals surface area contributed by atoms with Crippen LogP contribution in [0.2, 0.25) is 0 Å². The standard InChI is InChI=1S/C31H39N4O7P.C30H36N7O11P/c1-8-31-20-39-26(27(31)42-43(40-18-16-32-7)35(21(2)3)22(4)5)29(41-31)34-19-25(28(36)33-23(34)6)15-12-17-38-30(37)24-13-10-9-11-14-24;1-7-30-17-45-24(25(30)48-49(46-14-13-31-6)35(18(2)3)19(4)5)28(47-30)34-16-20(26(38)33-29(34)40)9-8-12-32-27(39)22-11-10-21(36(41)42)15-23(22)37(43)44/h9-11,13-14,19,21-22,26-27,29H,6,8,16-18,20H2,1-5H3,(H,33,36);10-11,15-16,18-19,24-25,28H,7,12-14,17H2,1-5H3,(H,32,39)(H,33,38,40)/t26-,27?,29+,31-,43?;24-,25?,28+,30-,49?/m00/s1. The maximum atomic E-state index is 13.0. The summed E-state index contributed by atoms with van der Waals surface area (Å²) in [7, 11) is -3.20. The van der Waals surface area contributed by atoms with Crippen LogP contribution in [-0.2, 0) is 46.6 Å². The van der Waals surface area contributed by atoms with Gasteiger partial charge in [0.2, 0.25) is 13.1 Å². The summed E-state index contributed by atoms with van der Waals surface area (Å²) in [5.74, 6) is 9.18. The minimum absolute atomic E-state index is 0.0466. The van der Waals surface area contributed by atoms with Crippen molar-refractivity contribution in [2.45, 2.75) is 154 Å². The van der Waals surface area contributed by atoms with Gasteiger partial charge in [-0.25, -0.2) is 32.1 Å². The Bertz CT molecular complexity index is 3570. The molecule has 92 heavy (non-hydrogen) atoms. The SMILES string of the molecule is [C-]#[N+]CCOP(OC1[C@@H]2OC[C@]1(CC)O[C@H]2N1C=C(C#CCOC(=O)c2ccccc2)C(=O)NC1=C)N(C(C)C)C(C)C.[C-]#[N+]CCOP(OC1[C@@H]2OC[C@]1(CC)O[C@H]2n1cc(C#CCNC(=O)c2ccc([N+](=O)[O-])cc2[N+](=O)[O-])c(=O)[nH]c1=O)N(C(C)C)C(C)C. The van der Waals surface area contributed by atoms with Crippen molar-refractivity contribution < 1.29 is 66.0 Å². The van der Waals surface area contributed by atoms with Gasteiger partial charge in [0.1, 0.15) is 71.4 Å². The zero-order chi connectivity index (χ0) is 67.2. The smallest absolute Gasteiger partial charge is 0.339 e. The second-order valence-corrected chi connectivity index (χ2v) is 25.3. The summed E-state index contributed by atoms with van der Waals surface area (Å²) >= 11 is 0. The third-order valence-electron chi connectivity index (χ3n) is 15.2. The predicted molar refractivity (Wildman–Crippen MR) is 335 cm³/mol. The molecule has 2 aromatic carbocycles. The first-order valence-electron chi connectivity index (χ1n) is 29.6. The Kier molecular flexibility index (Phi) is 25.0. The van der Waals surface area contributed by atoms with Crippen LogP contribution in [0.3, 0.4) is 0 Å². The van der Waals surface area contributed by atoms with Crippen molar-refractivity contribution in [1.29, 1.82) is 0 Å². The lowest BCUT2D eigenvalue weighted by Crippen LogP contribution is -2.49. The van der Waals surface area contributed by atoms with Crippen LogP contribution in [-0.4, -0.2) is 170 Å². The summed E-state index contributed by atoms with van der Waals surface area (Å²) in [5, 5.41) is 27.5. The highest BCUT2D eigenvalue weighted by Crippen LogP contribution is 2.57. The normalized spacial score (nSPS) is 23.4. The fourth-order valence-electron chi connectivity index (χ4n) is 10.8. The first kappa shape index (κ1) is 71.6. The van der Waals surface area contributed by atoms with Gasteiger partial charge < -0.3 is 67.0 Å². The van der Waals surface area contributed by atoms with Gasteiger partial charge in [0.25, 0.3) is 45.8 Å². The highest BCUT2D eigenvalue weighted by atomic mass is 31.2. The van der Waals surface area contributed by atoms with Crippen molar-refractivity contribution >= 4 is 46.2 Å². The number of esters is 1. The van der Waals surface area contributed by atoms with Crippen molar-refractivity contribution in [2.24, 2.45) is 0 Å². The number of H-pyrrole nitrogens is 1. The molecular formula is C61H75N11O18P2. The second kappa shape index (κ2) is 32.1. The molecule has 4 unspecified atom stereocenters. The molecule has 5 aliphatic heterocycles. The van der Waals surface area contributed by atoms with E-state index >= 15 is 0 Å². The van der Waals surface area contributed by atoms with Crippen LogP contribution in [0.15, 0.2) is 88.5 Å². The number of aromatic nitrogens is 2. The van der Waals surface area contributed by atoms with Gasteiger partial charge in [-0.15, -0.1) is 0 Å². The molecule has 492 valence electrons. The molecule has 31 heteroatoms. The quantitative estimate of drug-likeness (QED) is 0.0137. The van der Waals surface area contributed by atoms with Crippen LogP contribution < -0.4 is 21.9 Å². The second-order valence-electron chi connectivity index (χ2n) is 22.5. The summed E-state index contributed by atoms with van der Waals surface area (Å²) in [6, 6.07) is 11.6. The van der Waals surface area contributed by atoms with Crippen molar-refractivity contribution in [3.63, 3.8) is 0 Å². The maximum absolute atomic E-state index is 13.0. The molecule has 0 radical (unpaired) electrons. The van der Waals surface area contributed by atoms with Gasteiger partial charge in [-0.1, -0.05) is 62.3 Å². The topological polar surface area (TPSA) is 318 Å². The minimum Gasteiger partial charge on any atom is -0.449 e. The molecule has 4 bridgehead atoms. The molecule has 3 aromatic rings. The first-order valence-corrected chi connectivity index (χ1v) is 31.9. The number of carbonyl (C=O) groups excluding carboxylic acids is 3. The van der Waals surface area contributed by atoms with E-state index < -0.39 is 121 Å². The van der Waals surface area contributed by atoms with E-state index in [0.717, 1.165) is 16.7 Å². The molecule has 4 saturated heterocycles. The fraction of sp³-hybridized carbons (Fsp3) is 0.525. The largest absolute Gasteiger partial charge is 0.449 e. The summed E-state index contributed by atoms with van der Waals surface area (Å²) < 4.78 is 61.7. The number of amides is 2. The average molecular weight is 1310 g/mol. The zero-order valence-electron chi connectivity index (χ0n) is 52.6. The Morgan fingerprint density at radius 2 is 1.37 bits per heavy atom. The fourth-order valence-corrected chi connectivity index (χ4v) is 14.4. The van der Waals surface area contributed by atoms with Crippen LogP contribution in [0, 0.1) is 57.1 Å². The maximum Gasteiger partial charge on any atom is 0.339 e. The van der Waals surface area contributed by atoms with Crippen molar-refractivity contribution in [3.05, 3.63) is 159 Å². The van der Waals surface area contributed by atoms with Gasteiger partial charge in [0.15, 0.2) is 19.1 Å². The number of nitro groups is 2. The number of aromatic amines is 1. The van der Waals surface area contributed by atoms with Crippen molar-refractivity contribution in [3.8, 4) is 23.7 Å². The van der Waals surface area contributed by atoms with E-state index in [1.54, 1.807) is 35.4 Å². The van der Waals surface area contributed by atoms with E-state index in [0.29, 0.717) is 36.9 Å². The molecule has 0 spiro atoms. The molecular weight excluding hydrogens is 1240 g/mol. The van der Waals surface area contributed by atoms with Crippen LogP contribution >= 0.6 is 17.1 Å². The van der Waals surface area contributed by atoms with Crippen LogP contribution in [0.5, 0.6) is 0 Å². The van der Waals surface area contributed by atoms with Gasteiger partial charge in [-0.3, -0.25) is 44.2 Å². The number of nitro benzene ring substituents is 2. The average Bonchev–Trinajstić information content (AvgIpc) is 1.58. The number of benzene rings is 2. The number of ether oxygens (including phenoxy) is 5. The van der Waals surface area contributed by atoms with Crippen LogP contribution in [0.4, 0.5) is 11.4 Å².